The Morgan fingerprint density at radius 3 is 1.48 bits per heavy atom. The average molecular weight is 822 g/mol. The summed E-state index contributed by atoms with van der Waals surface area (Å²) in [7, 11) is 0. The lowest BCUT2D eigenvalue weighted by molar-refractivity contribution is 0.443. The first kappa shape index (κ1) is 38.5. The number of nitrogens with zero attached hydrogens (tertiary/aromatic N) is 1. The Morgan fingerprint density at radius 1 is 0.359 bits per heavy atom. The SMILES string of the molecule is Cc1ccc2c(c1)C1(c3ccccc3-c3ccc(N(c4ccc(C5CCCCC5)cc4)c4ccccc4-c4ccccc4-c4ccccc4-c4ccccc4)cc31)c1cc(C)ccc1-2. The van der Waals surface area contributed by atoms with Gasteiger partial charge in [0.15, 0.2) is 0 Å². The summed E-state index contributed by atoms with van der Waals surface area (Å²) in [6, 6.07) is 78.1. The van der Waals surface area contributed by atoms with Gasteiger partial charge in [0, 0.05) is 16.9 Å². The molecule has 3 aliphatic carbocycles. The zero-order chi connectivity index (χ0) is 42.8. The molecule has 308 valence electrons. The Morgan fingerprint density at radius 2 is 0.828 bits per heavy atom. The van der Waals surface area contributed by atoms with Crippen LogP contribution in [0.3, 0.4) is 0 Å². The first-order chi connectivity index (χ1) is 31.6. The van der Waals surface area contributed by atoms with E-state index in [0.29, 0.717) is 5.92 Å². The Kier molecular flexibility index (Phi) is 9.34. The summed E-state index contributed by atoms with van der Waals surface area (Å²) in [4.78, 5) is 2.54. The number of anilines is 3. The number of benzene rings is 9. The van der Waals surface area contributed by atoms with Gasteiger partial charge < -0.3 is 4.90 Å². The van der Waals surface area contributed by atoms with E-state index in [4.69, 9.17) is 0 Å². The highest BCUT2D eigenvalue weighted by Crippen LogP contribution is 2.64. The zero-order valence-corrected chi connectivity index (χ0v) is 36.7. The van der Waals surface area contributed by atoms with Gasteiger partial charge in [-0.2, -0.15) is 0 Å². The predicted octanol–water partition coefficient (Wildman–Crippen LogP) is 17.2. The van der Waals surface area contributed by atoms with Gasteiger partial charge >= 0.3 is 0 Å². The van der Waals surface area contributed by atoms with Gasteiger partial charge in [-0.3, -0.25) is 0 Å². The number of aryl methyl sites for hydroxylation is 2. The van der Waals surface area contributed by atoms with Crippen LogP contribution < -0.4 is 4.90 Å². The van der Waals surface area contributed by atoms with E-state index in [1.807, 2.05) is 0 Å². The van der Waals surface area contributed by atoms with Crippen molar-refractivity contribution < 1.29 is 0 Å². The summed E-state index contributed by atoms with van der Waals surface area (Å²) in [5, 5.41) is 0. The van der Waals surface area contributed by atoms with Gasteiger partial charge in [0.1, 0.15) is 0 Å². The number of rotatable bonds is 7. The number of hydrogen-bond donors (Lipinski definition) is 0. The Labute approximate surface area is 378 Å². The zero-order valence-electron chi connectivity index (χ0n) is 36.7. The van der Waals surface area contributed by atoms with Crippen LogP contribution in [0.1, 0.15) is 77.0 Å². The maximum atomic E-state index is 2.54. The molecule has 1 heteroatoms. The molecule has 9 aromatic rings. The molecule has 0 amide bonds. The Balaban J connectivity index is 1.10. The van der Waals surface area contributed by atoms with Gasteiger partial charge in [0.2, 0.25) is 0 Å². The van der Waals surface area contributed by atoms with E-state index in [1.54, 1.807) is 0 Å². The maximum Gasteiger partial charge on any atom is 0.0726 e. The van der Waals surface area contributed by atoms with E-state index >= 15 is 0 Å². The smallest absolute Gasteiger partial charge is 0.0726 e. The quantitative estimate of drug-likeness (QED) is 0.155. The van der Waals surface area contributed by atoms with Crippen molar-refractivity contribution in [3.8, 4) is 55.6 Å². The molecule has 0 unspecified atom stereocenters. The van der Waals surface area contributed by atoms with Crippen LogP contribution in [-0.4, -0.2) is 0 Å². The fourth-order valence-corrected chi connectivity index (χ4v) is 11.7. The van der Waals surface area contributed by atoms with Crippen LogP contribution in [0.25, 0.3) is 55.6 Å². The maximum absolute atomic E-state index is 2.54. The van der Waals surface area contributed by atoms with Crippen molar-refractivity contribution in [3.05, 3.63) is 245 Å². The highest BCUT2D eigenvalue weighted by Gasteiger charge is 2.52. The van der Waals surface area contributed by atoms with Crippen molar-refractivity contribution in [2.45, 2.75) is 57.3 Å². The Hall–Kier alpha value is -7.22. The molecule has 0 bridgehead atoms. The minimum atomic E-state index is -0.450. The highest BCUT2D eigenvalue weighted by molar-refractivity contribution is 5.99. The lowest BCUT2D eigenvalue weighted by atomic mass is 9.70. The Bertz CT molecular complexity index is 3170. The van der Waals surface area contributed by atoms with Gasteiger partial charge in [-0.15, -0.1) is 0 Å². The summed E-state index contributed by atoms with van der Waals surface area (Å²) in [5.74, 6) is 0.632. The van der Waals surface area contributed by atoms with E-state index in [1.165, 1.54) is 127 Å². The summed E-state index contributed by atoms with van der Waals surface area (Å²) in [6.07, 6.45) is 6.56. The fraction of sp³-hybridized carbons (Fsp3) is 0.143. The molecule has 1 nitrogen and oxygen atoms in total. The van der Waals surface area contributed by atoms with Gasteiger partial charge in [-0.25, -0.2) is 0 Å². The molecule has 1 saturated carbocycles. The minimum Gasteiger partial charge on any atom is -0.310 e. The first-order valence-electron chi connectivity index (χ1n) is 23.3. The minimum absolute atomic E-state index is 0.450. The van der Waals surface area contributed by atoms with Gasteiger partial charge in [0.05, 0.1) is 11.1 Å². The summed E-state index contributed by atoms with van der Waals surface area (Å²) < 4.78 is 0. The van der Waals surface area contributed by atoms with Gasteiger partial charge in [0.25, 0.3) is 0 Å². The fourth-order valence-electron chi connectivity index (χ4n) is 11.7. The van der Waals surface area contributed by atoms with Crippen LogP contribution in [0.15, 0.2) is 206 Å². The average Bonchev–Trinajstić information content (AvgIpc) is 3.81. The van der Waals surface area contributed by atoms with Crippen molar-refractivity contribution in [1.82, 2.24) is 0 Å². The standard InChI is InChI=1S/C63H51N/c1-42-29-36-54-55-37-30-43(2)40-60(55)63(59(54)39-42)58-27-15-13-25-53(58)56-38-35-48(41-61(56)63)64(47-33-31-45(32-34-47)44-17-5-3-6-18-44)62-28-16-14-26-57(62)52-24-12-11-23-51(52)50-22-10-9-21-49(50)46-19-7-4-8-20-46/h4,7-16,19-41,44H,3,5-6,17-18H2,1-2H3. The molecule has 0 radical (unpaired) electrons. The molecule has 0 heterocycles. The molecular formula is C63H51N. The third-order valence-corrected chi connectivity index (χ3v) is 14.6. The van der Waals surface area contributed by atoms with Crippen molar-refractivity contribution >= 4 is 17.1 Å². The van der Waals surface area contributed by atoms with Gasteiger partial charge in [-0.05, 0) is 141 Å². The number of fused-ring (bicyclic) bond motifs is 10. The van der Waals surface area contributed by atoms with E-state index in [-0.39, 0.29) is 0 Å². The van der Waals surface area contributed by atoms with E-state index < -0.39 is 5.41 Å². The first-order valence-corrected chi connectivity index (χ1v) is 23.3. The monoisotopic (exact) mass is 821 g/mol. The number of hydrogen-bond acceptors (Lipinski definition) is 1. The molecule has 9 aromatic carbocycles. The molecule has 0 aliphatic heterocycles. The van der Waals surface area contributed by atoms with Crippen molar-refractivity contribution in [3.63, 3.8) is 0 Å². The third kappa shape index (κ3) is 6.05. The molecule has 3 aliphatic rings. The van der Waals surface area contributed by atoms with E-state index in [9.17, 15) is 0 Å². The van der Waals surface area contributed by atoms with Crippen LogP contribution in [0.4, 0.5) is 17.1 Å². The van der Waals surface area contributed by atoms with Crippen LogP contribution in [0, 0.1) is 13.8 Å². The van der Waals surface area contributed by atoms with E-state index in [2.05, 4.69) is 225 Å². The van der Waals surface area contributed by atoms with Crippen molar-refractivity contribution in [2.75, 3.05) is 4.90 Å². The van der Waals surface area contributed by atoms with Crippen LogP contribution in [0.5, 0.6) is 0 Å². The largest absolute Gasteiger partial charge is 0.310 e. The lowest BCUT2D eigenvalue weighted by Crippen LogP contribution is -2.26. The van der Waals surface area contributed by atoms with Crippen molar-refractivity contribution in [1.29, 1.82) is 0 Å². The second-order valence-electron chi connectivity index (χ2n) is 18.4. The molecule has 0 N–H and O–H groups in total. The highest BCUT2D eigenvalue weighted by atomic mass is 15.1. The van der Waals surface area contributed by atoms with Crippen molar-refractivity contribution in [2.24, 2.45) is 0 Å². The molecule has 64 heavy (non-hydrogen) atoms. The predicted molar refractivity (Wildman–Crippen MR) is 269 cm³/mol. The molecule has 12 rings (SSSR count). The van der Waals surface area contributed by atoms with Gasteiger partial charge in [-0.1, -0.05) is 206 Å². The normalized spacial score (nSPS) is 14.5. The summed E-state index contributed by atoms with van der Waals surface area (Å²) in [6.45, 7) is 4.48. The molecule has 0 atom stereocenters. The summed E-state index contributed by atoms with van der Waals surface area (Å²) in [5.41, 5.74) is 25.1. The molecule has 1 fully saturated rings. The van der Waals surface area contributed by atoms with Crippen LogP contribution in [0.2, 0.25) is 0 Å². The molecule has 1 spiro atoms. The van der Waals surface area contributed by atoms with Crippen LogP contribution in [-0.2, 0) is 5.41 Å². The number of para-hydroxylation sites is 1. The third-order valence-electron chi connectivity index (χ3n) is 14.6. The molecule has 0 saturated heterocycles. The second-order valence-corrected chi connectivity index (χ2v) is 18.4. The van der Waals surface area contributed by atoms with E-state index in [0.717, 1.165) is 17.1 Å². The second kappa shape index (κ2) is 15.5. The molecule has 0 aromatic heterocycles. The lowest BCUT2D eigenvalue weighted by Gasteiger charge is -2.33. The summed E-state index contributed by atoms with van der Waals surface area (Å²) >= 11 is 0. The topological polar surface area (TPSA) is 3.24 Å². The molecular weight excluding hydrogens is 771 g/mol. The van der Waals surface area contributed by atoms with Crippen LogP contribution >= 0.6 is 0 Å².